The maximum absolute atomic E-state index is 13.2. The number of ether oxygens (including phenoxy) is 1. The third-order valence-electron chi connectivity index (χ3n) is 3.17. The van der Waals surface area contributed by atoms with Crippen molar-refractivity contribution in [2.75, 3.05) is 13.7 Å². The first kappa shape index (κ1) is 15.3. The molecule has 21 heavy (non-hydrogen) atoms. The standard InChI is InChI=1S/C16H18FNO3/c1-3-18(10-12-5-4-6-13(17)9-12)11-14-7-8-15(21-14)16(19)20-2/h4-9H,3,10-11H2,1-2H3. The zero-order chi connectivity index (χ0) is 15.2. The van der Waals surface area contributed by atoms with Gasteiger partial charge < -0.3 is 9.15 Å². The summed E-state index contributed by atoms with van der Waals surface area (Å²) in [6.45, 7) is 3.96. The van der Waals surface area contributed by atoms with Crippen LogP contribution in [0.1, 0.15) is 28.8 Å². The van der Waals surface area contributed by atoms with Gasteiger partial charge in [0.05, 0.1) is 13.7 Å². The first-order chi connectivity index (χ1) is 10.1. The summed E-state index contributed by atoms with van der Waals surface area (Å²) < 4.78 is 23.2. The van der Waals surface area contributed by atoms with E-state index in [1.165, 1.54) is 19.2 Å². The largest absolute Gasteiger partial charge is 0.463 e. The van der Waals surface area contributed by atoms with Gasteiger partial charge in [-0.2, -0.15) is 0 Å². The summed E-state index contributed by atoms with van der Waals surface area (Å²) in [5.74, 6) is 0.131. The number of hydrogen-bond acceptors (Lipinski definition) is 4. The second kappa shape index (κ2) is 7.04. The van der Waals surface area contributed by atoms with Crippen molar-refractivity contribution in [2.24, 2.45) is 0 Å². The quantitative estimate of drug-likeness (QED) is 0.766. The summed E-state index contributed by atoms with van der Waals surface area (Å²) in [7, 11) is 1.31. The van der Waals surface area contributed by atoms with Gasteiger partial charge in [-0.15, -0.1) is 0 Å². The van der Waals surface area contributed by atoms with Gasteiger partial charge in [0.15, 0.2) is 0 Å². The molecule has 1 aromatic carbocycles. The van der Waals surface area contributed by atoms with E-state index in [-0.39, 0.29) is 11.6 Å². The fourth-order valence-corrected chi connectivity index (χ4v) is 2.07. The second-order valence-corrected chi connectivity index (χ2v) is 4.69. The maximum atomic E-state index is 13.2. The van der Waals surface area contributed by atoms with Crippen molar-refractivity contribution in [2.45, 2.75) is 20.0 Å². The average Bonchev–Trinajstić information content (AvgIpc) is 2.94. The van der Waals surface area contributed by atoms with Gasteiger partial charge in [-0.25, -0.2) is 9.18 Å². The molecule has 0 fully saturated rings. The zero-order valence-corrected chi connectivity index (χ0v) is 12.1. The molecule has 2 aromatic rings. The zero-order valence-electron chi connectivity index (χ0n) is 12.1. The molecular weight excluding hydrogens is 273 g/mol. The van der Waals surface area contributed by atoms with E-state index in [0.717, 1.165) is 12.1 Å². The minimum atomic E-state index is -0.491. The van der Waals surface area contributed by atoms with Gasteiger partial charge in [0.2, 0.25) is 5.76 Å². The highest BCUT2D eigenvalue weighted by atomic mass is 19.1. The fourth-order valence-electron chi connectivity index (χ4n) is 2.07. The minimum Gasteiger partial charge on any atom is -0.463 e. The summed E-state index contributed by atoms with van der Waals surface area (Å²) in [5, 5.41) is 0. The van der Waals surface area contributed by atoms with Crippen LogP contribution >= 0.6 is 0 Å². The van der Waals surface area contributed by atoms with E-state index in [4.69, 9.17) is 4.42 Å². The van der Waals surface area contributed by atoms with E-state index in [2.05, 4.69) is 9.64 Å². The Hall–Kier alpha value is -2.14. The number of halogens is 1. The first-order valence-electron chi connectivity index (χ1n) is 6.76. The van der Waals surface area contributed by atoms with Crippen LogP contribution in [0.15, 0.2) is 40.8 Å². The molecule has 0 bridgehead atoms. The lowest BCUT2D eigenvalue weighted by atomic mass is 10.2. The molecule has 0 atom stereocenters. The molecule has 0 saturated carbocycles. The molecule has 0 N–H and O–H groups in total. The number of esters is 1. The summed E-state index contributed by atoms with van der Waals surface area (Å²) in [5.41, 5.74) is 0.900. The van der Waals surface area contributed by atoms with Crippen molar-refractivity contribution < 1.29 is 18.3 Å². The van der Waals surface area contributed by atoms with Crippen LogP contribution in [0.25, 0.3) is 0 Å². The van der Waals surface area contributed by atoms with Crippen molar-refractivity contribution in [3.8, 4) is 0 Å². The lowest BCUT2D eigenvalue weighted by Crippen LogP contribution is -2.22. The minimum absolute atomic E-state index is 0.189. The third kappa shape index (κ3) is 4.16. The van der Waals surface area contributed by atoms with Gasteiger partial charge >= 0.3 is 5.97 Å². The normalized spacial score (nSPS) is 10.9. The monoisotopic (exact) mass is 291 g/mol. The molecule has 0 aliphatic heterocycles. The number of nitrogens with zero attached hydrogens (tertiary/aromatic N) is 1. The first-order valence-corrected chi connectivity index (χ1v) is 6.76. The highest BCUT2D eigenvalue weighted by molar-refractivity contribution is 5.86. The summed E-state index contributed by atoms with van der Waals surface area (Å²) in [4.78, 5) is 13.4. The van der Waals surface area contributed by atoms with Gasteiger partial charge in [0.25, 0.3) is 0 Å². The fraction of sp³-hybridized carbons (Fsp3) is 0.312. The molecular formula is C16H18FNO3. The molecule has 5 heteroatoms. The van der Waals surface area contributed by atoms with E-state index in [1.807, 2.05) is 13.0 Å². The van der Waals surface area contributed by atoms with Crippen LogP contribution in [0.3, 0.4) is 0 Å². The van der Waals surface area contributed by atoms with Crippen molar-refractivity contribution in [1.82, 2.24) is 4.90 Å². The van der Waals surface area contributed by atoms with Crippen LogP contribution in [0.5, 0.6) is 0 Å². The van der Waals surface area contributed by atoms with Gasteiger partial charge in [-0.1, -0.05) is 19.1 Å². The van der Waals surface area contributed by atoms with Crippen LogP contribution < -0.4 is 0 Å². The summed E-state index contributed by atoms with van der Waals surface area (Å²) in [6, 6.07) is 9.87. The number of benzene rings is 1. The molecule has 0 amide bonds. The number of hydrogen-bond donors (Lipinski definition) is 0. The SMILES string of the molecule is CCN(Cc1cccc(F)c1)Cc1ccc(C(=O)OC)o1. The Morgan fingerprint density at radius 1 is 1.29 bits per heavy atom. The van der Waals surface area contributed by atoms with Crippen LogP contribution in [0, 0.1) is 5.82 Å². The van der Waals surface area contributed by atoms with Crippen LogP contribution in [-0.2, 0) is 17.8 Å². The molecule has 0 spiro atoms. The highest BCUT2D eigenvalue weighted by Gasteiger charge is 2.13. The Morgan fingerprint density at radius 3 is 2.76 bits per heavy atom. The molecule has 1 heterocycles. The molecule has 112 valence electrons. The summed E-state index contributed by atoms with van der Waals surface area (Å²) in [6.07, 6.45) is 0. The van der Waals surface area contributed by atoms with Gasteiger partial charge in [-0.05, 0) is 36.4 Å². The van der Waals surface area contributed by atoms with Crippen molar-refractivity contribution in [3.63, 3.8) is 0 Å². The number of carbonyl (C=O) groups is 1. The number of methoxy groups -OCH3 is 1. The number of furan rings is 1. The van der Waals surface area contributed by atoms with E-state index >= 15 is 0 Å². The van der Waals surface area contributed by atoms with E-state index < -0.39 is 5.97 Å². The molecule has 0 aliphatic rings. The van der Waals surface area contributed by atoms with E-state index in [0.29, 0.717) is 18.8 Å². The third-order valence-corrected chi connectivity index (χ3v) is 3.17. The Kier molecular flexibility index (Phi) is 5.11. The Labute approximate surface area is 123 Å². The molecule has 2 rings (SSSR count). The topological polar surface area (TPSA) is 42.7 Å². The summed E-state index contributed by atoms with van der Waals surface area (Å²) >= 11 is 0. The molecule has 0 radical (unpaired) electrons. The molecule has 0 saturated heterocycles. The van der Waals surface area contributed by atoms with Crippen LogP contribution in [0.2, 0.25) is 0 Å². The molecule has 4 nitrogen and oxygen atoms in total. The van der Waals surface area contributed by atoms with Crippen molar-refractivity contribution >= 4 is 5.97 Å². The predicted octanol–water partition coefficient (Wildman–Crippen LogP) is 3.23. The number of rotatable bonds is 6. The Morgan fingerprint density at radius 2 is 2.10 bits per heavy atom. The van der Waals surface area contributed by atoms with Gasteiger partial charge in [-0.3, -0.25) is 4.90 Å². The van der Waals surface area contributed by atoms with Gasteiger partial charge in [0.1, 0.15) is 11.6 Å². The van der Waals surface area contributed by atoms with Crippen LogP contribution in [0.4, 0.5) is 4.39 Å². The lowest BCUT2D eigenvalue weighted by Gasteiger charge is -2.19. The van der Waals surface area contributed by atoms with E-state index in [1.54, 1.807) is 18.2 Å². The van der Waals surface area contributed by atoms with Crippen molar-refractivity contribution in [1.29, 1.82) is 0 Å². The van der Waals surface area contributed by atoms with Gasteiger partial charge in [0, 0.05) is 6.54 Å². The molecule has 1 aromatic heterocycles. The van der Waals surface area contributed by atoms with Crippen LogP contribution in [-0.4, -0.2) is 24.5 Å². The lowest BCUT2D eigenvalue weighted by molar-refractivity contribution is 0.0561. The second-order valence-electron chi connectivity index (χ2n) is 4.69. The number of carbonyl (C=O) groups excluding carboxylic acids is 1. The molecule has 0 unspecified atom stereocenters. The average molecular weight is 291 g/mol. The molecule has 0 aliphatic carbocycles. The van der Waals surface area contributed by atoms with Crippen molar-refractivity contribution in [3.05, 3.63) is 59.3 Å². The Balaban J connectivity index is 2.02. The highest BCUT2D eigenvalue weighted by Crippen LogP contribution is 2.14. The Bertz CT molecular complexity index is 609. The predicted molar refractivity (Wildman–Crippen MR) is 76.2 cm³/mol. The smallest absolute Gasteiger partial charge is 0.373 e. The van der Waals surface area contributed by atoms with E-state index in [9.17, 15) is 9.18 Å². The maximum Gasteiger partial charge on any atom is 0.373 e.